The molecule has 1 aromatic heterocycles. The zero-order chi connectivity index (χ0) is 18.0. The molecule has 0 saturated heterocycles. The fourth-order valence-electron chi connectivity index (χ4n) is 3.26. The highest BCUT2D eigenvalue weighted by atomic mass is 16.5. The summed E-state index contributed by atoms with van der Waals surface area (Å²) in [5.74, 6) is 0.510. The van der Waals surface area contributed by atoms with Gasteiger partial charge in [-0.3, -0.25) is 14.8 Å². The van der Waals surface area contributed by atoms with Crippen molar-refractivity contribution in [1.29, 1.82) is 0 Å². The number of carbonyl (C=O) groups excluding carboxylic acids is 1. The van der Waals surface area contributed by atoms with Crippen molar-refractivity contribution in [3.05, 3.63) is 24.5 Å². The number of pyridine rings is 1. The van der Waals surface area contributed by atoms with Crippen LogP contribution >= 0.6 is 0 Å². The van der Waals surface area contributed by atoms with Gasteiger partial charge in [0, 0.05) is 33.5 Å². The fourth-order valence-corrected chi connectivity index (χ4v) is 3.26. The van der Waals surface area contributed by atoms with Crippen LogP contribution in [0.25, 0.3) is 0 Å². The molecule has 0 radical (unpaired) electrons. The molecule has 138 valence electrons. The lowest BCUT2D eigenvalue weighted by Gasteiger charge is -2.29. The summed E-state index contributed by atoms with van der Waals surface area (Å²) in [6.45, 7) is 1.78. The van der Waals surface area contributed by atoms with E-state index in [0.717, 1.165) is 19.6 Å². The van der Waals surface area contributed by atoms with Crippen molar-refractivity contribution in [2.45, 2.75) is 32.1 Å². The number of anilines is 1. The number of aliphatic imine (C=N–C) groups is 1. The number of nitrogens with zero attached hydrogens (tertiary/aromatic N) is 2. The van der Waals surface area contributed by atoms with Crippen molar-refractivity contribution >= 4 is 17.6 Å². The van der Waals surface area contributed by atoms with E-state index in [1.54, 1.807) is 38.7 Å². The minimum atomic E-state index is -0.133. The molecular weight excluding hydrogens is 318 g/mol. The Kier molecular flexibility index (Phi) is 7.66. The van der Waals surface area contributed by atoms with Gasteiger partial charge in [0.15, 0.2) is 5.96 Å². The number of ether oxygens (including phenoxy) is 1. The van der Waals surface area contributed by atoms with Gasteiger partial charge >= 0.3 is 0 Å². The van der Waals surface area contributed by atoms with E-state index in [4.69, 9.17) is 4.74 Å². The summed E-state index contributed by atoms with van der Waals surface area (Å²) in [7, 11) is 3.46. The number of guanidine groups is 1. The lowest BCUT2D eigenvalue weighted by atomic mass is 9.83. The molecule has 0 atom stereocenters. The predicted octanol–water partition coefficient (Wildman–Crippen LogP) is 1.78. The molecule has 1 heterocycles. The van der Waals surface area contributed by atoms with Crippen molar-refractivity contribution in [2.24, 2.45) is 10.4 Å². The molecule has 1 amide bonds. The molecule has 0 bridgehead atoms. The van der Waals surface area contributed by atoms with E-state index in [0.29, 0.717) is 11.6 Å². The zero-order valence-corrected chi connectivity index (χ0v) is 15.2. The number of amides is 1. The Labute approximate surface area is 149 Å². The summed E-state index contributed by atoms with van der Waals surface area (Å²) < 4.78 is 5.27. The lowest BCUT2D eigenvalue weighted by molar-refractivity contribution is -0.115. The highest BCUT2D eigenvalue weighted by Crippen LogP contribution is 2.40. The number of nitrogens with one attached hydrogen (secondary N) is 3. The van der Waals surface area contributed by atoms with Crippen LogP contribution in [0.5, 0.6) is 0 Å². The summed E-state index contributed by atoms with van der Waals surface area (Å²) in [6, 6.07) is 3.59. The maximum absolute atomic E-state index is 12.0. The average molecular weight is 347 g/mol. The normalized spacial score (nSPS) is 16.5. The lowest BCUT2D eigenvalue weighted by Crippen LogP contribution is -2.45. The van der Waals surface area contributed by atoms with Gasteiger partial charge in [0.1, 0.15) is 0 Å². The maximum atomic E-state index is 12.0. The molecule has 0 spiro atoms. The second kappa shape index (κ2) is 9.98. The first kappa shape index (κ1) is 19.2. The van der Waals surface area contributed by atoms with Crippen molar-refractivity contribution in [2.75, 3.05) is 39.2 Å². The molecule has 0 aromatic carbocycles. The number of hydrogen-bond donors (Lipinski definition) is 3. The second-order valence-electron chi connectivity index (χ2n) is 6.52. The van der Waals surface area contributed by atoms with E-state index < -0.39 is 0 Å². The smallest absolute Gasteiger partial charge is 0.243 e. The minimum absolute atomic E-state index is 0.133. The summed E-state index contributed by atoms with van der Waals surface area (Å²) in [4.78, 5) is 20.2. The molecule has 2 rings (SSSR count). The molecule has 0 unspecified atom stereocenters. The summed E-state index contributed by atoms with van der Waals surface area (Å²) in [5, 5.41) is 9.22. The van der Waals surface area contributed by atoms with Crippen molar-refractivity contribution in [3.8, 4) is 0 Å². The van der Waals surface area contributed by atoms with Crippen LogP contribution in [0.3, 0.4) is 0 Å². The summed E-state index contributed by atoms with van der Waals surface area (Å²) in [5.41, 5.74) is 0.952. The van der Waals surface area contributed by atoms with E-state index in [1.807, 2.05) is 0 Å². The van der Waals surface area contributed by atoms with Crippen LogP contribution in [-0.4, -0.2) is 50.7 Å². The van der Waals surface area contributed by atoms with Gasteiger partial charge in [-0.2, -0.15) is 0 Å². The molecule has 1 aromatic rings. The van der Waals surface area contributed by atoms with Crippen molar-refractivity contribution in [1.82, 2.24) is 15.6 Å². The molecule has 7 heteroatoms. The van der Waals surface area contributed by atoms with Crippen LogP contribution in [-0.2, 0) is 9.53 Å². The van der Waals surface area contributed by atoms with Crippen LogP contribution in [0.1, 0.15) is 32.1 Å². The molecule has 1 fully saturated rings. The Balaban J connectivity index is 1.77. The number of rotatable bonds is 8. The first-order chi connectivity index (χ1) is 12.2. The Bertz CT molecular complexity index is 556. The van der Waals surface area contributed by atoms with Gasteiger partial charge in [-0.15, -0.1) is 0 Å². The third kappa shape index (κ3) is 6.34. The van der Waals surface area contributed by atoms with E-state index in [2.05, 4.69) is 25.9 Å². The first-order valence-electron chi connectivity index (χ1n) is 8.81. The summed E-state index contributed by atoms with van der Waals surface area (Å²) in [6.07, 6.45) is 9.29. The Hall–Kier alpha value is -2.15. The molecule has 3 N–H and O–H groups in total. The molecule has 1 saturated carbocycles. The van der Waals surface area contributed by atoms with Gasteiger partial charge < -0.3 is 20.7 Å². The average Bonchev–Trinajstić information content (AvgIpc) is 3.10. The minimum Gasteiger partial charge on any atom is -0.385 e. The summed E-state index contributed by atoms with van der Waals surface area (Å²) >= 11 is 0. The zero-order valence-electron chi connectivity index (χ0n) is 15.2. The van der Waals surface area contributed by atoms with Gasteiger partial charge in [-0.05, 0) is 36.8 Å². The van der Waals surface area contributed by atoms with Gasteiger partial charge in [0.25, 0.3) is 0 Å². The fraction of sp³-hybridized carbons (Fsp3) is 0.611. The standard InChI is InChI=1S/C18H29N5O2/c1-19-17(21-13-16(24)23-15-6-5-10-20-12-15)22-14-18(9-11-25-2)7-3-4-8-18/h5-6,10,12H,3-4,7-9,11,13-14H2,1-2H3,(H,23,24)(H2,19,21,22). The van der Waals surface area contributed by atoms with Crippen LogP contribution in [0.15, 0.2) is 29.5 Å². The maximum Gasteiger partial charge on any atom is 0.243 e. The van der Waals surface area contributed by atoms with Crippen LogP contribution in [0, 0.1) is 5.41 Å². The predicted molar refractivity (Wildman–Crippen MR) is 99.6 cm³/mol. The highest BCUT2D eigenvalue weighted by molar-refractivity contribution is 5.94. The van der Waals surface area contributed by atoms with E-state index in [-0.39, 0.29) is 17.9 Å². The van der Waals surface area contributed by atoms with E-state index in [1.165, 1.54) is 25.7 Å². The highest BCUT2D eigenvalue weighted by Gasteiger charge is 2.33. The second-order valence-corrected chi connectivity index (χ2v) is 6.52. The van der Waals surface area contributed by atoms with Crippen LogP contribution in [0.4, 0.5) is 5.69 Å². The monoisotopic (exact) mass is 347 g/mol. The molecular formula is C18H29N5O2. The molecule has 7 nitrogen and oxygen atoms in total. The molecule has 25 heavy (non-hydrogen) atoms. The molecule has 1 aliphatic carbocycles. The van der Waals surface area contributed by atoms with Gasteiger partial charge in [0.05, 0.1) is 18.4 Å². The Morgan fingerprint density at radius 3 is 2.80 bits per heavy atom. The first-order valence-corrected chi connectivity index (χ1v) is 8.81. The third-order valence-electron chi connectivity index (χ3n) is 4.72. The SMILES string of the molecule is CN=C(NCC(=O)Nc1cccnc1)NCC1(CCOC)CCCC1. The number of carbonyl (C=O) groups is 1. The van der Waals surface area contributed by atoms with Gasteiger partial charge in [-0.1, -0.05) is 12.8 Å². The van der Waals surface area contributed by atoms with E-state index >= 15 is 0 Å². The van der Waals surface area contributed by atoms with Crippen LogP contribution < -0.4 is 16.0 Å². The Morgan fingerprint density at radius 1 is 1.36 bits per heavy atom. The van der Waals surface area contributed by atoms with Crippen molar-refractivity contribution in [3.63, 3.8) is 0 Å². The molecule has 0 aliphatic heterocycles. The Morgan fingerprint density at radius 2 is 2.16 bits per heavy atom. The quantitative estimate of drug-likeness (QED) is 0.493. The van der Waals surface area contributed by atoms with Crippen LogP contribution in [0.2, 0.25) is 0 Å². The topological polar surface area (TPSA) is 87.6 Å². The third-order valence-corrected chi connectivity index (χ3v) is 4.72. The van der Waals surface area contributed by atoms with Gasteiger partial charge in [0.2, 0.25) is 5.91 Å². The number of aromatic nitrogens is 1. The largest absolute Gasteiger partial charge is 0.385 e. The molecule has 1 aliphatic rings. The van der Waals surface area contributed by atoms with Crippen molar-refractivity contribution < 1.29 is 9.53 Å². The number of hydrogen-bond acceptors (Lipinski definition) is 4. The van der Waals surface area contributed by atoms with E-state index in [9.17, 15) is 4.79 Å². The van der Waals surface area contributed by atoms with Gasteiger partial charge in [-0.25, -0.2) is 0 Å². The number of methoxy groups -OCH3 is 1.